The van der Waals surface area contributed by atoms with Crippen molar-refractivity contribution in [3.63, 3.8) is 0 Å². The Kier molecular flexibility index (Phi) is 3.92. The number of likely N-dealkylation sites (tertiary alicyclic amines) is 1. The molecule has 0 radical (unpaired) electrons. The molecule has 1 N–H and O–H groups in total. The number of nitrogens with zero attached hydrogens (tertiary/aromatic N) is 1. The second-order valence-electron chi connectivity index (χ2n) is 7.05. The number of hydrogen-bond acceptors (Lipinski definition) is 2. The molecule has 3 nitrogen and oxygen atoms in total. The van der Waals surface area contributed by atoms with Gasteiger partial charge in [0, 0.05) is 24.5 Å². The predicted octanol–water partition coefficient (Wildman–Crippen LogP) is 3.20. The van der Waals surface area contributed by atoms with Crippen molar-refractivity contribution in [2.45, 2.75) is 46.1 Å². The van der Waals surface area contributed by atoms with E-state index in [9.17, 15) is 9.90 Å². The SMILES string of the molecule is Cc1cc(C)cc([C@H]2CN(C(C)(C)C)C[C@@H]2C(=O)O)c1. The van der Waals surface area contributed by atoms with Crippen LogP contribution in [0.2, 0.25) is 0 Å². The smallest absolute Gasteiger partial charge is 0.308 e. The van der Waals surface area contributed by atoms with Gasteiger partial charge in [0.2, 0.25) is 0 Å². The van der Waals surface area contributed by atoms with Crippen molar-refractivity contribution < 1.29 is 9.90 Å². The number of carboxylic acids is 1. The first-order chi connectivity index (χ1) is 9.18. The van der Waals surface area contributed by atoms with E-state index in [0.717, 1.165) is 6.54 Å². The number of rotatable bonds is 2. The number of carboxylic acid groups (broad SMARTS) is 1. The molecule has 2 atom stereocenters. The normalized spacial score (nSPS) is 24.1. The summed E-state index contributed by atoms with van der Waals surface area (Å²) in [6, 6.07) is 6.41. The molecular formula is C17H25NO2. The number of carbonyl (C=O) groups is 1. The Morgan fingerprint density at radius 1 is 1.15 bits per heavy atom. The van der Waals surface area contributed by atoms with Crippen molar-refractivity contribution in [2.24, 2.45) is 5.92 Å². The van der Waals surface area contributed by atoms with Gasteiger partial charge in [-0.2, -0.15) is 0 Å². The first-order valence-electron chi connectivity index (χ1n) is 7.24. The van der Waals surface area contributed by atoms with E-state index in [1.54, 1.807) is 0 Å². The molecule has 1 heterocycles. The molecule has 2 rings (SSSR count). The third-order valence-corrected chi connectivity index (χ3v) is 4.26. The van der Waals surface area contributed by atoms with E-state index in [2.05, 4.69) is 57.7 Å². The van der Waals surface area contributed by atoms with E-state index >= 15 is 0 Å². The zero-order chi connectivity index (χ0) is 15.1. The molecular weight excluding hydrogens is 250 g/mol. The highest BCUT2D eigenvalue weighted by molar-refractivity contribution is 5.72. The van der Waals surface area contributed by atoms with Gasteiger partial charge in [-0.05, 0) is 40.2 Å². The van der Waals surface area contributed by atoms with Crippen molar-refractivity contribution in [3.8, 4) is 0 Å². The Bertz CT molecular complexity index is 496. The summed E-state index contributed by atoms with van der Waals surface area (Å²) in [7, 11) is 0. The van der Waals surface area contributed by atoms with Gasteiger partial charge in [-0.1, -0.05) is 29.3 Å². The predicted molar refractivity (Wildman–Crippen MR) is 81.1 cm³/mol. The maximum absolute atomic E-state index is 11.6. The summed E-state index contributed by atoms with van der Waals surface area (Å²) in [5, 5.41) is 9.54. The molecule has 0 spiro atoms. The first-order valence-corrected chi connectivity index (χ1v) is 7.24. The highest BCUT2D eigenvalue weighted by Gasteiger charge is 2.42. The lowest BCUT2D eigenvalue weighted by molar-refractivity contribution is -0.141. The summed E-state index contributed by atoms with van der Waals surface area (Å²) in [5.74, 6) is -0.901. The summed E-state index contributed by atoms with van der Waals surface area (Å²) < 4.78 is 0. The average molecular weight is 275 g/mol. The molecule has 0 saturated carbocycles. The molecule has 1 aromatic rings. The van der Waals surface area contributed by atoms with Crippen molar-refractivity contribution in [1.82, 2.24) is 4.90 Å². The highest BCUT2D eigenvalue weighted by atomic mass is 16.4. The van der Waals surface area contributed by atoms with Crippen LogP contribution in [0.15, 0.2) is 18.2 Å². The summed E-state index contributed by atoms with van der Waals surface area (Å²) in [6.07, 6.45) is 0. The summed E-state index contributed by atoms with van der Waals surface area (Å²) in [6.45, 7) is 12.0. The van der Waals surface area contributed by atoms with Crippen LogP contribution < -0.4 is 0 Å². The van der Waals surface area contributed by atoms with Crippen LogP contribution in [0.3, 0.4) is 0 Å². The topological polar surface area (TPSA) is 40.5 Å². The zero-order valence-electron chi connectivity index (χ0n) is 13.1. The minimum atomic E-state index is -0.680. The van der Waals surface area contributed by atoms with Crippen LogP contribution in [0, 0.1) is 19.8 Å². The number of benzene rings is 1. The van der Waals surface area contributed by atoms with Gasteiger partial charge in [0.05, 0.1) is 5.92 Å². The van der Waals surface area contributed by atoms with Crippen LogP contribution in [0.1, 0.15) is 43.4 Å². The van der Waals surface area contributed by atoms with Gasteiger partial charge in [-0.25, -0.2) is 0 Å². The Morgan fingerprint density at radius 2 is 1.70 bits per heavy atom. The van der Waals surface area contributed by atoms with Crippen LogP contribution >= 0.6 is 0 Å². The van der Waals surface area contributed by atoms with Gasteiger partial charge >= 0.3 is 5.97 Å². The molecule has 1 aliphatic rings. The lowest BCUT2D eigenvalue weighted by Gasteiger charge is -2.31. The van der Waals surface area contributed by atoms with Crippen molar-refractivity contribution in [3.05, 3.63) is 34.9 Å². The zero-order valence-corrected chi connectivity index (χ0v) is 13.1. The maximum Gasteiger partial charge on any atom is 0.308 e. The van der Waals surface area contributed by atoms with E-state index < -0.39 is 5.97 Å². The minimum Gasteiger partial charge on any atom is -0.481 e. The Morgan fingerprint density at radius 3 is 2.15 bits per heavy atom. The largest absolute Gasteiger partial charge is 0.481 e. The van der Waals surface area contributed by atoms with Gasteiger partial charge in [0.1, 0.15) is 0 Å². The summed E-state index contributed by atoms with van der Waals surface area (Å²) >= 11 is 0. The van der Waals surface area contributed by atoms with E-state index in [1.807, 2.05) is 0 Å². The molecule has 1 aromatic carbocycles. The van der Waals surface area contributed by atoms with Gasteiger partial charge in [0.25, 0.3) is 0 Å². The molecule has 1 aliphatic heterocycles. The Labute approximate surface area is 121 Å². The van der Waals surface area contributed by atoms with Gasteiger partial charge < -0.3 is 5.11 Å². The summed E-state index contributed by atoms with van der Waals surface area (Å²) in [5.41, 5.74) is 3.60. The van der Waals surface area contributed by atoms with Gasteiger partial charge in [-0.15, -0.1) is 0 Å². The van der Waals surface area contributed by atoms with Crippen molar-refractivity contribution >= 4 is 5.97 Å². The molecule has 0 amide bonds. The average Bonchev–Trinajstić information content (AvgIpc) is 2.71. The first kappa shape index (κ1) is 15.0. The summed E-state index contributed by atoms with van der Waals surface area (Å²) in [4.78, 5) is 13.9. The Balaban J connectivity index is 2.35. The second-order valence-corrected chi connectivity index (χ2v) is 7.05. The Hall–Kier alpha value is -1.35. The molecule has 110 valence electrons. The molecule has 0 aliphatic carbocycles. The fraction of sp³-hybridized carbons (Fsp3) is 0.588. The second kappa shape index (κ2) is 5.21. The molecule has 1 fully saturated rings. The van der Waals surface area contributed by atoms with Crippen molar-refractivity contribution in [1.29, 1.82) is 0 Å². The quantitative estimate of drug-likeness (QED) is 0.901. The fourth-order valence-corrected chi connectivity index (χ4v) is 3.16. The minimum absolute atomic E-state index is 0.0152. The molecule has 0 aromatic heterocycles. The van der Waals surface area contributed by atoms with Crippen molar-refractivity contribution in [2.75, 3.05) is 13.1 Å². The van der Waals surface area contributed by atoms with Crippen LogP contribution in [-0.4, -0.2) is 34.6 Å². The van der Waals surface area contributed by atoms with Crippen LogP contribution in [0.25, 0.3) is 0 Å². The standard InChI is InChI=1S/C17H25NO2/c1-11-6-12(2)8-13(7-11)14-9-18(17(3,4)5)10-15(14)16(19)20/h6-8,14-15H,9-10H2,1-5H3,(H,19,20)/t14-,15+/m1/s1. The van der Waals surface area contributed by atoms with Gasteiger partial charge in [-0.3, -0.25) is 9.69 Å². The van der Waals surface area contributed by atoms with E-state index in [0.29, 0.717) is 6.54 Å². The van der Waals surface area contributed by atoms with Crippen LogP contribution in [-0.2, 0) is 4.79 Å². The number of aryl methyl sites for hydroxylation is 2. The monoisotopic (exact) mass is 275 g/mol. The number of hydrogen-bond donors (Lipinski definition) is 1. The van der Waals surface area contributed by atoms with E-state index in [4.69, 9.17) is 0 Å². The molecule has 0 unspecified atom stereocenters. The third kappa shape index (κ3) is 3.04. The molecule has 1 saturated heterocycles. The van der Waals surface area contributed by atoms with Gasteiger partial charge in [0.15, 0.2) is 0 Å². The molecule has 20 heavy (non-hydrogen) atoms. The lowest BCUT2D eigenvalue weighted by atomic mass is 9.87. The lowest BCUT2D eigenvalue weighted by Crippen LogP contribution is -2.40. The van der Waals surface area contributed by atoms with Crippen LogP contribution in [0.4, 0.5) is 0 Å². The maximum atomic E-state index is 11.6. The number of aliphatic carboxylic acids is 1. The fourth-order valence-electron chi connectivity index (χ4n) is 3.16. The molecule has 3 heteroatoms. The van der Waals surface area contributed by atoms with E-state index in [1.165, 1.54) is 16.7 Å². The highest BCUT2D eigenvalue weighted by Crippen LogP contribution is 2.36. The molecule has 0 bridgehead atoms. The van der Waals surface area contributed by atoms with E-state index in [-0.39, 0.29) is 17.4 Å². The van der Waals surface area contributed by atoms with Crippen LogP contribution in [0.5, 0.6) is 0 Å². The third-order valence-electron chi connectivity index (χ3n) is 4.26.